The van der Waals surface area contributed by atoms with Crippen LogP contribution in [-0.2, 0) is 4.79 Å². The third kappa shape index (κ3) is 1.72. The summed E-state index contributed by atoms with van der Waals surface area (Å²) in [5, 5.41) is 10.7. The average Bonchev–Trinajstić information content (AvgIpc) is 2.83. The second-order valence-electron chi connectivity index (χ2n) is 7.64. The van der Waals surface area contributed by atoms with Crippen LogP contribution in [0, 0.1) is 16.7 Å². The molecule has 1 N–H and O–H groups in total. The van der Waals surface area contributed by atoms with Crippen LogP contribution >= 0.6 is 0 Å². The van der Waals surface area contributed by atoms with Crippen molar-refractivity contribution in [2.75, 3.05) is 6.54 Å². The van der Waals surface area contributed by atoms with Crippen LogP contribution < -0.4 is 0 Å². The van der Waals surface area contributed by atoms with Gasteiger partial charge < -0.3 is 10.0 Å². The molecule has 5 heteroatoms. The molecule has 2 fully saturated rings. The monoisotopic (exact) mass is 324 g/mol. The smallest absolute Gasteiger partial charge is 0.327 e. The molecule has 1 aromatic heterocycles. The molecule has 1 saturated heterocycles. The van der Waals surface area contributed by atoms with Crippen molar-refractivity contribution in [1.29, 1.82) is 0 Å². The lowest BCUT2D eigenvalue weighted by atomic mass is 9.89. The van der Waals surface area contributed by atoms with E-state index >= 15 is 0 Å². The van der Waals surface area contributed by atoms with Crippen molar-refractivity contribution >= 4 is 22.8 Å². The fourth-order valence-electron chi connectivity index (χ4n) is 4.65. The number of nitrogens with zero attached hydrogens (tertiary/aromatic N) is 2. The Morgan fingerprint density at radius 3 is 2.58 bits per heavy atom. The number of likely N-dealkylation sites (tertiary alicyclic amines) is 1. The van der Waals surface area contributed by atoms with Crippen LogP contribution in [0.15, 0.2) is 36.4 Å². The van der Waals surface area contributed by atoms with Crippen LogP contribution in [0.25, 0.3) is 10.9 Å². The van der Waals surface area contributed by atoms with Gasteiger partial charge in [0.15, 0.2) is 0 Å². The molecule has 1 amide bonds. The van der Waals surface area contributed by atoms with Crippen LogP contribution in [0.4, 0.5) is 0 Å². The van der Waals surface area contributed by atoms with Gasteiger partial charge in [-0.25, -0.2) is 9.78 Å². The van der Waals surface area contributed by atoms with E-state index in [4.69, 9.17) is 0 Å². The number of carboxylic acids is 1. The topological polar surface area (TPSA) is 70.5 Å². The summed E-state index contributed by atoms with van der Waals surface area (Å²) in [5.74, 6) is -1.01. The Balaban J connectivity index is 1.70. The zero-order valence-corrected chi connectivity index (χ0v) is 14.0. The zero-order valence-electron chi connectivity index (χ0n) is 14.0. The summed E-state index contributed by atoms with van der Waals surface area (Å²) < 4.78 is 0. The summed E-state index contributed by atoms with van der Waals surface area (Å²) >= 11 is 0. The van der Waals surface area contributed by atoms with Crippen molar-refractivity contribution in [3.05, 3.63) is 42.1 Å². The van der Waals surface area contributed by atoms with Crippen molar-refractivity contribution < 1.29 is 14.7 Å². The SMILES string of the molecule is CC1(C)[C@@H]2CN(C(=O)c3ccc4ccccc4n3)[C@H](C(=O)O)[C@]21C. The van der Waals surface area contributed by atoms with E-state index in [2.05, 4.69) is 18.8 Å². The maximum Gasteiger partial charge on any atom is 0.327 e. The van der Waals surface area contributed by atoms with E-state index in [1.165, 1.54) is 4.90 Å². The van der Waals surface area contributed by atoms with E-state index in [-0.39, 0.29) is 22.7 Å². The Morgan fingerprint density at radius 2 is 1.88 bits per heavy atom. The van der Waals surface area contributed by atoms with Crippen molar-refractivity contribution in [3.63, 3.8) is 0 Å². The first-order valence-corrected chi connectivity index (χ1v) is 8.18. The number of para-hydroxylation sites is 1. The highest BCUT2D eigenvalue weighted by Gasteiger charge is 2.78. The number of piperidine rings is 1. The third-order valence-corrected chi connectivity index (χ3v) is 6.47. The number of fused-ring (bicyclic) bond motifs is 2. The summed E-state index contributed by atoms with van der Waals surface area (Å²) in [6.07, 6.45) is 0. The molecular weight excluding hydrogens is 304 g/mol. The van der Waals surface area contributed by atoms with Gasteiger partial charge in [0.1, 0.15) is 11.7 Å². The lowest BCUT2D eigenvalue weighted by Crippen LogP contribution is -2.48. The van der Waals surface area contributed by atoms with E-state index in [1.54, 1.807) is 6.07 Å². The van der Waals surface area contributed by atoms with E-state index in [1.807, 2.05) is 37.3 Å². The van der Waals surface area contributed by atoms with Gasteiger partial charge in [-0.3, -0.25) is 4.79 Å². The molecule has 2 heterocycles. The molecule has 0 unspecified atom stereocenters. The molecule has 5 nitrogen and oxygen atoms in total. The molecule has 0 bridgehead atoms. The van der Waals surface area contributed by atoms with Gasteiger partial charge >= 0.3 is 5.97 Å². The highest BCUT2D eigenvalue weighted by atomic mass is 16.4. The molecule has 1 aliphatic carbocycles. The highest BCUT2D eigenvalue weighted by molar-refractivity contribution is 5.98. The Bertz CT molecular complexity index is 876. The summed E-state index contributed by atoms with van der Waals surface area (Å²) in [4.78, 5) is 30.7. The van der Waals surface area contributed by atoms with Crippen LogP contribution in [-0.4, -0.2) is 39.5 Å². The van der Waals surface area contributed by atoms with Gasteiger partial charge in [-0.15, -0.1) is 0 Å². The summed E-state index contributed by atoms with van der Waals surface area (Å²) in [7, 11) is 0. The van der Waals surface area contributed by atoms with Gasteiger partial charge in [-0.05, 0) is 23.5 Å². The minimum atomic E-state index is -0.931. The zero-order chi connectivity index (χ0) is 17.3. The third-order valence-electron chi connectivity index (χ3n) is 6.47. The Morgan fingerprint density at radius 1 is 1.17 bits per heavy atom. The summed E-state index contributed by atoms with van der Waals surface area (Å²) in [5.41, 5.74) is 0.628. The molecule has 1 saturated carbocycles. The maximum absolute atomic E-state index is 12.9. The number of rotatable bonds is 2. The molecule has 24 heavy (non-hydrogen) atoms. The standard InChI is InChI=1S/C19H20N2O3/c1-18(2)14-10-21(15(17(23)24)19(14,18)3)16(22)13-9-8-11-6-4-5-7-12(11)20-13/h4-9,14-15H,10H2,1-3H3,(H,23,24)/t14-,15+,19-/m0/s1. The number of carbonyl (C=O) groups is 2. The number of carboxylic acid groups (broad SMARTS) is 1. The minimum absolute atomic E-state index is 0.0519. The molecule has 124 valence electrons. The largest absolute Gasteiger partial charge is 0.480 e. The Labute approximate surface area is 140 Å². The lowest BCUT2D eigenvalue weighted by Gasteiger charge is -2.31. The van der Waals surface area contributed by atoms with Gasteiger partial charge in [-0.2, -0.15) is 0 Å². The van der Waals surface area contributed by atoms with Crippen molar-refractivity contribution in [2.24, 2.45) is 16.7 Å². The second-order valence-corrected chi connectivity index (χ2v) is 7.64. The molecule has 2 aromatic rings. The molecular formula is C19H20N2O3. The van der Waals surface area contributed by atoms with E-state index in [0.717, 1.165) is 10.9 Å². The Kier molecular flexibility index (Phi) is 2.87. The summed E-state index contributed by atoms with van der Waals surface area (Å²) in [6.45, 7) is 6.64. The number of hydrogen-bond donors (Lipinski definition) is 1. The Hall–Kier alpha value is -2.43. The average molecular weight is 324 g/mol. The highest BCUT2D eigenvalue weighted by Crippen LogP contribution is 2.74. The molecule has 4 rings (SSSR count). The van der Waals surface area contributed by atoms with Gasteiger partial charge in [-0.1, -0.05) is 45.0 Å². The molecule has 0 spiro atoms. The molecule has 0 radical (unpaired) electrons. The number of carbonyl (C=O) groups excluding carboxylic acids is 1. The van der Waals surface area contributed by atoms with Gasteiger partial charge in [0.2, 0.25) is 0 Å². The lowest BCUT2D eigenvalue weighted by molar-refractivity contribution is -0.144. The number of aliphatic carboxylic acids is 1. The molecule has 1 aromatic carbocycles. The minimum Gasteiger partial charge on any atom is -0.480 e. The van der Waals surface area contributed by atoms with Crippen LogP contribution in [0.3, 0.4) is 0 Å². The predicted molar refractivity (Wildman–Crippen MR) is 89.6 cm³/mol. The van der Waals surface area contributed by atoms with Crippen LogP contribution in [0.5, 0.6) is 0 Å². The van der Waals surface area contributed by atoms with E-state index < -0.39 is 12.0 Å². The first-order chi connectivity index (χ1) is 11.3. The number of aromatic nitrogens is 1. The molecule has 3 atom stereocenters. The van der Waals surface area contributed by atoms with Crippen molar-refractivity contribution in [1.82, 2.24) is 9.88 Å². The van der Waals surface area contributed by atoms with Crippen LogP contribution in [0.1, 0.15) is 31.3 Å². The number of hydrogen-bond acceptors (Lipinski definition) is 3. The normalized spacial score (nSPS) is 30.2. The first-order valence-electron chi connectivity index (χ1n) is 8.18. The van der Waals surface area contributed by atoms with Gasteiger partial charge in [0.25, 0.3) is 5.91 Å². The molecule has 1 aliphatic heterocycles. The van der Waals surface area contributed by atoms with Crippen LogP contribution in [0.2, 0.25) is 0 Å². The van der Waals surface area contributed by atoms with E-state index in [0.29, 0.717) is 12.2 Å². The fourth-order valence-corrected chi connectivity index (χ4v) is 4.65. The van der Waals surface area contributed by atoms with Gasteiger partial charge in [0.05, 0.1) is 5.52 Å². The first kappa shape index (κ1) is 15.1. The number of amides is 1. The van der Waals surface area contributed by atoms with Crippen molar-refractivity contribution in [3.8, 4) is 0 Å². The maximum atomic E-state index is 12.9. The van der Waals surface area contributed by atoms with Crippen molar-refractivity contribution in [2.45, 2.75) is 26.8 Å². The number of benzene rings is 1. The predicted octanol–water partition coefficient (Wildman–Crippen LogP) is 2.81. The summed E-state index contributed by atoms with van der Waals surface area (Å²) in [6, 6.07) is 10.3. The number of pyridine rings is 1. The quantitative estimate of drug-likeness (QED) is 0.922. The second kappa shape index (κ2) is 4.56. The van der Waals surface area contributed by atoms with E-state index in [9.17, 15) is 14.7 Å². The molecule has 2 aliphatic rings. The van der Waals surface area contributed by atoms with Gasteiger partial charge in [0, 0.05) is 17.3 Å². The fraction of sp³-hybridized carbons (Fsp3) is 0.421.